The van der Waals surface area contributed by atoms with E-state index in [0.717, 1.165) is 6.42 Å². The summed E-state index contributed by atoms with van der Waals surface area (Å²) in [7, 11) is 0. The van der Waals surface area contributed by atoms with Crippen LogP contribution in [0.1, 0.15) is 52.4 Å². The van der Waals surface area contributed by atoms with E-state index in [1.807, 2.05) is 6.92 Å². The van der Waals surface area contributed by atoms with Crippen molar-refractivity contribution >= 4 is 0 Å². The molecule has 11 heavy (non-hydrogen) atoms. The van der Waals surface area contributed by atoms with Gasteiger partial charge in [0.15, 0.2) is 0 Å². The van der Waals surface area contributed by atoms with Crippen LogP contribution in [-0.4, -0.2) is 10.7 Å². The van der Waals surface area contributed by atoms with Crippen LogP contribution < -0.4 is 0 Å². The Morgan fingerprint density at radius 1 is 1.36 bits per heavy atom. The summed E-state index contributed by atoms with van der Waals surface area (Å²) >= 11 is 0. The predicted molar refractivity (Wildman–Crippen MR) is 47.5 cm³/mol. The van der Waals surface area contributed by atoms with Gasteiger partial charge in [-0.2, -0.15) is 0 Å². The molecule has 1 saturated carbocycles. The van der Waals surface area contributed by atoms with Crippen molar-refractivity contribution in [2.24, 2.45) is 5.92 Å². The maximum absolute atomic E-state index is 9.45. The van der Waals surface area contributed by atoms with Gasteiger partial charge in [0, 0.05) is 0 Å². The van der Waals surface area contributed by atoms with E-state index in [4.69, 9.17) is 0 Å². The summed E-state index contributed by atoms with van der Waals surface area (Å²) in [5.74, 6) is 0.624. The van der Waals surface area contributed by atoms with Crippen LogP contribution in [0.15, 0.2) is 0 Å². The van der Waals surface area contributed by atoms with Gasteiger partial charge in [0.25, 0.3) is 0 Å². The largest absolute Gasteiger partial charge is 0.390 e. The summed E-state index contributed by atoms with van der Waals surface area (Å²) < 4.78 is 0. The average Bonchev–Trinajstić information content (AvgIpc) is 2.52. The summed E-state index contributed by atoms with van der Waals surface area (Å²) in [6, 6.07) is 0. The van der Waals surface area contributed by atoms with Crippen LogP contribution in [-0.2, 0) is 0 Å². The molecule has 1 fully saturated rings. The molecule has 0 aliphatic heterocycles. The third kappa shape index (κ3) is 2.82. The van der Waals surface area contributed by atoms with Gasteiger partial charge in [-0.15, -0.1) is 0 Å². The molecule has 2 unspecified atom stereocenters. The zero-order valence-electron chi connectivity index (χ0n) is 7.77. The number of unbranched alkanes of at least 4 members (excludes halogenated alkanes) is 3. The van der Waals surface area contributed by atoms with E-state index < -0.39 is 0 Å². The van der Waals surface area contributed by atoms with Crippen LogP contribution in [0.4, 0.5) is 0 Å². The number of hydrogen-bond acceptors (Lipinski definition) is 1. The molecule has 0 bridgehead atoms. The third-order valence-electron chi connectivity index (χ3n) is 2.79. The van der Waals surface area contributed by atoms with Crippen LogP contribution in [0.3, 0.4) is 0 Å². The third-order valence-corrected chi connectivity index (χ3v) is 2.79. The zero-order valence-corrected chi connectivity index (χ0v) is 7.77. The molecule has 0 aromatic heterocycles. The first-order valence-corrected chi connectivity index (χ1v) is 4.89. The second kappa shape index (κ2) is 3.57. The van der Waals surface area contributed by atoms with E-state index in [1.54, 1.807) is 0 Å². The molecule has 1 aliphatic carbocycles. The van der Waals surface area contributed by atoms with Crippen LogP contribution in [0.2, 0.25) is 0 Å². The standard InChI is InChI=1S/C10H20O/c1-3-4-5-6-7-9-8-10(9,2)11/h9,11H,3-8H2,1-2H3. The fourth-order valence-corrected chi connectivity index (χ4v) is 1.67. The molecular formula is C10H20O. The Labute approximate surface area is 69.8 Å². The zero-order chi connectivity index (χ0) is 8.32. The molecule has 66 valence electrons. The van der Waals surface area contributed by atoms with Crippen molar-refractivity contribution in [3.63, 3.8) is 0 Å². The lowest BCUT2D eigenvalue weighted by Gasteiger charge is -2.01. The monoisotopic (exact) mass is 156 g/mol. The molecule has 0 aromatic rings. The molecule has 1 aliphatic rings. The van der Waals surface area contributed by atoms with Crippen molar-refractivity contribution in [2.45, 2.75) is 58.0 Å². The molecular weight excluding hydrogens is 136 g/mol. The highest BCUT2D eigenvalue weighted by molar-refractivity contribution is 4.98. The Kier molecular flexibility index (Phi) is 2.94. The Hall–Kier alpha value is -0.0400. The van der Waals surface area contributed by atoms with Crippen molar-refractivity contribution in [1.82, 2.24) is 0 Å². The van der Waals surface area contributed by atoms with E-state index in [1.165, 1.54) is 32.1 Å². The molecule has 0 heterocycles. The lowest BCUT2D eigenvalue weighted by atomic mass is 10.1. The van der Waals surface area contributed by atoms with Gasteiger partial charge in [0.1, 0.15) is 0 Å². The number of rotatable bonds is 5. The van der Waals surface area contributed by atoms with Gasteiger partial charge in [-0.25, -0.2) is 0 Å². The van der Waals surface area contributed by atoms with Gasteiger partial charge in [0.2, 0.25) is 0 Å². The minimum atomic E-state index is -0.286. The van der Waals surface area contributed by atoms with Gasteiger partial charge in [-0.1, -0.05) is 32.6 Å². The first kappa shape index (κ1) is 9.05. The highest BCUT2D eigenvalue weighted by atomic mass is 16.3. The molecule has 0 spiro atoms. The van der Waals surface area contributed by atoms with Gasteiger partial charge in [-0.3, -0.25) is 0 Å². The molecule has 0 saturated heterocycles. The van der Waals surface area contributed by atoms with Gasteiger partial charge >= 0.3 is 0 Å². The minimum Gasteiger partial charge on any atom is -0.390 e. The summed E-state index contributed by atoms with van der Waals surface area (Å²) in [6.07, 6.45) is 7.61. The highest BCUT2D eigenvalue weighted by Gasteiger charge is 2.47. The molecule has 1 N–H and O–H groups in total. The number of aliphatic hydroxyl groups is 1. The fourth-order valence-electron chi connectivity index (χ4n) is 1.67. The summed E-state index contributed by atoms with van der Waals surface area (Å²) in [4.78, 5) is 0. The molecule has 0 aromatic carbocycles. The first-order chi connectivity index (χ1) is 5.17. The maximum Gasteiger partial charge on any atom is 0.0652 e. The minimum absolute atomic E-state index is 0.286. The lowest BCUT2D eigenvalue weighted by Crippen LogP contribution is -2.02. The number of hydrogen-bond donors (Lipinski definition) is 1. The Balaban J connectivity index is 1.90. The van der Waals surface area contributed by atoms with Crippen molar-refractivity contribution in [3.05, 3.63) is 0 Å². The molecule has 2 atom stereocenters. The van der Waals surface area contributed by atoms with Gasteiger partial charge in [-0.05, 0) is 25.7 Å². The van der Waals surface area contributed by atoms with Crippen molar-refractivity contribution in [1.29, 1.82) is 0 Å². The smallest absolute Gasteiger partial charge is 0.0652 e. The fraction of sp³-hybridized carbons (Fsp3) is 1.00. The second-order valence-corrected chi connectivity index (χ2v) is 4.11. The summed E-state index contributed by atoms with van der Waals surface area (Å²) in [5, 5.41) is 9.45. The quantitative estimate of drug-likeness (QED) is 0.607. The van der Waals surface area contributed by atoms with Crippen LogP contribution in [0.25, 0.3) is 0 Å². The highest BCUT2D eigenvalue weighted by Crippen LogP contribution is 2.46. The van der Waals surface area contributed by atoms with Gasteiger partial charge in [0.05, 0.1) is 5.60 Å². The maximum atomic E-state index is 9.45. The molecule has 1 nitrogen and oxygen atoms in total. The summed E-state index contributed by atoms with van der Waals surface area (Å²) in [5.41, 5.74) is -0.286. The first-order valence-electron chi connectivity index (χ1n) is 4.89. The van der Waals surface area contributed by atoms with Gasteiger partial charge < -0.3 is 5.11 Å². The topological polar surface area (TPSA) is 20.2 Å². The van der Waals surface area contributed by atoms with E-state index in [9.17, 15) is 5.11 Å². The molecule has 1 heteroatoms. The SMILES string of the molecule is CCCCCCC1CC1(C)O. The van der Waals surface area contributed by atoms with Crippen molar-refractivity contribution in [3.8, 4) is 0 Å². The van der Waals surface area contributed by atoms with E-state index in [0.29, 0.717) is 5.92 Å². The Morgan fingerprint density at radius 2 is 2.00 bits per heavy atom. The van der Waals surface area contributed by atoms with Crippen LogP contribution >= 0.6 is 0 Å². The van der Waals surface area contributed by atoms with Crippen LogP contribution in [0, 0.1) is 5.92 Å². The van der Waals surface area contributed by atoms with Crippen molar-refractivity contribution < 1.29 is 5.11 Å². The van der Waals surface area contributed by atoms with E-state index in [2.05, 4.69) is 6.92 Å². The Morgan fingerprint density at radius 3 is 2.45 bits per heavy atom. The van der Waals surface area contributed by atoms with Crippen molar-refractivity contribution in [2.75, 3.05) is 0 Å². The predicted octanol–water partition coefficient (Wildman–Crippen LogP) is 2.73. The second-order valence-electron chi connectivity index (χ2n) is 4.11. The Bertz CT molecular complexity index is 118. The van der Waals surface area contributed by atoms with E-state index >= 15 is 0 Å². The van der Waals surface area contributed by atoms with E-state index in [-0.39, 0.29) is 5.60 Å². The molecule has 1 rings (SSSR count). The lowest BCUT2D eigenvalue weighted by molar-refractivity contribution is 0.149. The molecule has 0 amide bonds. The average molecular weight is 156 g/mol. The molecule has 0 radical (unpaired) electrons. The summed E-state index contributed by atoms with van der Waals surface area (Å²) in [6.45, 7) is 4.19. The normalized spacial score (nSPS) is 35.7. The van der Waals surface area contributed by atoms with Crippen LogP contribution in [0.5, 0.6) is 0 Å².